The van der Waals surface area contributed by atoms with Gasteiger partial charge in [0, 0.05) is 59.1 Å². The number of hydrogen-bond acceptors (Lipinski definition) is 2. The molecule has 0 aliphatic rings. The number of H-pyrrole nitrogens is 1. The molecule has 2 aromatic heterocycles. The van der Waals surface area contributed by atoms with Crippen LogP contribution in [0, 0.1) is 0 Å². The Labute approximate surface area is 300 Å². The summed E-state index contributed by atoms with van der Waals surface area (Å²) in [6.45, 7) is 0. The minimum absolute atomic E-state index is 1.11. The average molecular weight is 669 g/mol. The van der Waals surface area contributed by atoms with Gasteiger partial charge in [-0.2, -0.15) is 0 Å². The molecule has 0 spiro atoms. The van der Waals surface area contributed by atoms with Crippen LogP contribution < -0.4 is 4.90 Å². The Morgan fingerprint density at radius 3 is 1.57 bits per heavy atom. The van der Waals surface area contributed by atoms with Gasteiger partial charge in [-0.15, -0.1) is 11.3 Å². The van der Waals surface area contributed by atoms with Gasteiger partial charge < -0.3 is 9.88 Å². The van der Waals surface area contributed by atoms with Crippen molar-refractivity contribution >= 4 is 70.4 Å². The number of hydrogen-bond donors (Lipinski definition) is 1. The number of aromatic nitrogens is 1. The minimum Gasteiger partial charge on any atom is -0.354 e. The Balaban J connectivity index is 1.06. The largest absolute Gasteiger partial charge is 0.354 e. The number of rotatable bonds is 6. The molecule has 10 aromatic rings. The van der Waals surface area contributed by atoms with Gasteiger partial charge in [0.2, 0.25) is 0 Å². The summed E-state index contributed by atoms with van der Waals surface area (Å²) >= 11 is 1.88. The zero-order chi connectivity index (χ0) is 33.7. The van der Waals surface area contributed by atoms with Gasteiger partial charge in [0.15, 0.2) is 0 Å². The van der Waals surface area contributed by atoms with Gasteiger partial charge in [-0.1, -0.05) is 140 Å². The van der Waals surface area contributed by atoms with E-state index in [2.05, 4.69) is 198 Å². The van der Waals surface area contributed by atoms with Crippen LogP contribution in [0.3, 0.4) is 0 Å². The number of nitrogens with zero attached hydrogens (tertiary/aromatic N) is 1. The Kier molecular flexibility index (Phi) is 7.04. The zero-order valence-corrected chi connectivity index (χ0v) is 28.6. The van der Waals surface area contributed by atoms with Gasteiger partial charge in [-0.3, -0.25) is 0 Å². The maximum Gasteiger partial charge on any atom is 0.0544 e. The lowest BCUT2D eigenvalue weighted by Gasteiger charge is -2.26. The third-order valence-corrected chi connectivity index (χ3v) is 11.3. The molecule has 0 aliphatic carbocycles. The molecule has 0 unspecified atom stereocenters. The molecule has 0 amide bonds. The van der Waals surface area contributed by atoms with E-state index in [9.17, 15) is 0 Å². The van der Waals surface area contributed by atoms with Crippen molar-refractivity contribution in [2.75, 3.05) is 4.90 Å². The topological polar surface area (TPSA) is 19.0 Å². The van der Waals surface area contributed by atoms with Crippen molar-refractivity contribution in [3.8, 4) is 33.4 Å². The van der Waals surface area contributed by atoms with Crippen molar-refractivity contribution < 1.29 is 0 Å². The van der Waals surface area contributed by atoms with E-state index < -0.39 is 0 Å². The van der Waals surface area contributed by atoms with Crippen LogP contribution in [0.15, 0.2) is 188 Å². The number of nitrogens with one attached hydrogen (secondary N) is 1. The summed E-state index contributed by atoms with van der Waals surface area (Å²) in [6.07, 6.45) is 0. The molecule has 0 saturated heterocycles. The Bertz CT molecular complexity index is 2670. The van der Waals surface area contributed by atoms with Crippen LogP contribution in [0.2, 0.25) is 0 Å². The highest BCUT2D eigenvalue weighted by molar-refractivity contribution is 7.26. The smallest absolute Gasteiger partial charge is 0.0544 e. The molecular formula is C48H32N2S. The SMILES string of the molecule is c1ccc(-c2ccc(N(c3ccc(-c4cccc5c4[nH]c4ccccc45)cc3)c3ccc(-c4cccc5c4sc4ccccc45)cc3)cc2)cc1. The van der Waals surface area contributed by atoms with E-state index in [4.69, 9.17) is 0 Å². The van der Waals surface area contributed by atoms with E-state index in [1.165, 1.54) is 69.8 Å². The van der Waals surface area contributed by atoms with E-state index in [0.29, 0.717) is 0 Å². The van der Waals surface area contributed by atoms with Crippen molar-refractivity contribution in [3.05, 3.63) is 188 Å². The van der Waals surface area contributed by atoms with E-state index in [0.717, 1.165) is 22.6 Å². The minimum atomic E-state index is 1.11. The summed E-state index contributed by atoms with van der Waals surface area (Å²) in [5.74, 6) is 0. The quantitative estimate of drug-likeness (QED) is 0.187. The second-order valence-electron chi connectivity index (χ2n) is 13.0. The summed E-state index contributed by atoms with van der Waals surface area (Å²) in [6, 6.07) is 68.0. The normalized spacial score (nSPS) is 11.5. The maximum atomic E-state index is 3.68. The predicted octanol–water partition coefficient (Wildman–Crippen LogP) is 14.2. The van der Waals surface area contributed by atoms with E-state index >= 15 is 0 Å². The van der Waals surface area contributed by atoms with Gasteiger partial charge in [0.05, 0.1) is 5.52 Å². The lowest BCUT2D eigenvalue weighted by atomic mass is 10.0. The molecular weight excluding hydrogens is 637 g/mol. The first-order valence-corrected chi connectivity index (χ1v) is 18.2. The Morgan fingerprint density at radius 2 is 0.863 bits per heavy atom. The maximum absolute atomic E-state index is 3.68. The molecule has 8 aromatic carbocycles. The molecule has 1 N–H and O–H groups in total. The lowest BCUT2D eigenvalue weighted by Crippen LogP contribution is -2.09. The van der Waals surface area contributed by atoms with Crippen molar-refractivity contribution in [1.82, 2.24) is 4.98 Å². The van der Waals surface area contributed by atoms with E-state index in [1.54, 1.807) is 0 Å². The highest BCUT2D eigenvalue weighted by Gasteiger charge is 2.16. The van der Waals surface area contributed by atoms with Crippen molar-refractivity contribution in [2.45, 2.75) is 0 Å². The first kappa shape index (κ1) is 29.5. The summed E-state index contributed by atoms with van der Waals surface area (Å²) < 4.78 is 2.66. The third-order valence-electron chi connectivity index (χ3n) is 10.1. The van der Waals surface area contributed by atoms with E-state index in [-0.39, 0.29) is 0 Å². The fourth-order valence-electron chi connectivity index (χ4n) is 7.55. The van der Waals surface area contributed by atoms with E-state index in [1.807, 2.05) is 11.3 Å². The van der Waals surface area contributed by atoms with Gasteiger partial charge in [0.25, 0.3) is 0 Å². The summed E-state index contributed by atoms with van der Waals surface area (Å²) in [5.41, 5.74) is 13.0. The first-order chi connectivity index (χ1) is 25.3. The summed E-state index contributed by atoms with van der Waals surface area (Å²) in [7, 11) is 0. The molecule has 240 valence electrons. The van der Waals surface area contributed by atoms with Gasteiger partial charge in [-0.25, -0.2) is 0 Å². The number of benzene rings is 8. The molecule has 0 aliphatic heterocycles. The zero-order valence-electron chi connectivity index (χ0n) is 27.8. The Morgan fingerprint density at radius 1 is 0.353 bits per heavy atom. The summed E-state index contributed by atoms with van der Waals surface area (Å²) in [4.78, 5) is 6.03. The van der Waals surface area contributed by atoms with Gasteiger partial charge in [-0.05, 0) is 76.3 Å². The molecule has 3 heteroatoms. The number of aromatic amines is 1. The number of anilines is 3. The molecule has 0 saturated carbocycles. The average Bonchev–Trinajstić information content (AvgIpc) is 3.78. The third kappa shape index (κ3) is 5.10. The molecule has 0 bridgehead atoms. The highest BCUT2D eigenvalue weighted by atomic mass is 32.1. The van der Waals surface area contributed by atoms with Crippen LogP contribution in [0.25, 0.3) is 75.4 Å². The van der Waals surface area contributed by atoms with Crippen LogP contribution >= 0.6 is 11.3 Å². The molecule has 0 radical (unpaired) electrons. The molecule has 2 nitrogen and oxygen atoms in total. The van der Waals surface area contributed by atoms with Crippen LogP contribution in [0.1, 0.15) is 0 Å². The van der Waals surface area contributed by atoms with Crippen LogP contribution in [0.4, 0.5) is 17.1 Å². The van der Waals surface area contributed by atoms with Gasteiger partial charge in [0.1, 0.15) is 0 Å². The predicted molar refractivity (Wildman–Crippen MR) is 220 cm³/mol. The van der Waals surface area contributed by atoms with Crippen molar-refractivity contribution in [3.63, 3.8) is 0 Å². The highest BCUT2D eigenvalue weighted by Crippen LogP contribution is 2.42. The lowest BCUT2D eigenvalue weighted by molar-refractivity contribution is 1.28. The molecule has 2 heterocycles. The molecule has 51 heavy (non-hydrogen) atoms. The van der Waals surface area contributed by atoms with Crippen molar-refractivity contribution in [1.29, 1.82) is 0 Å². The fourth-order valence-corrected chi connectivity index (χ4v) is 8.79. The fraction of sp³-hybridized carbons (Fsp3) is 0. The molecule has 10 rings (SSSR count). The number of thiophene rings is 1. The first-order valence-electron chi connectivity index (χ1n) is 17.3. The van der Waals surface area contributed by atoms with Gasteiger partial charge >= 0.3 is 0 Å². The second-order valence-corrected chi connectivity index (χ2v) is 14.1. The molecule has 0 fully saturated rings. The monoisotopic (exact) mass is 668 g/mol. The molecule has 0 atom stereocenters. The van der Waals surface area contributed by atoms with Crippen molar-refractivity contribution in [2.24, 2.45) is 0 Å². The number of para-hydroxylation sites is 2. The summed E-state index contributed by atoms with van der Waals surface area (Å²) in [5, 5.41) is 5.15. The van der Waals surface area contributed by atoms with Crippen LogP contribution in [0.5, 0.6) is 0 Å². The Hall–Kier alpha value is -6.42. The number of fused-ring (bicyclic) bond motifs is 6. The van der Waals surface area contributed by atoms with Crippen LogP contribution in [-0.2, 0) is 0 Å². The standard InChI is InChI=1S/C48H32N2S/c1-2-10-32(11-3-1)33-20-26-36(27-21-33)50(37-28-22-34(23-29-37)39-14-8-16-43-41-12-4-6-18-45(41)49-47(39)43)38-30-24-35(25-31-38)40-15-9-17-44-42-13-5-7-19-46(42)51-48(40)44/h1-31,49H. The second kappa shape index (κ2) is 12.2. The van der Waals surface area contributed by atoms with Crippen LogP contribution in [-0.4, -0.2) is 4.98 Å².